The van der Waals surface area contributed by atoms with Gasteiger partial charge in [0.25, 0.3) is 0 Å². The molecule has 0 unspecified atom stereocenters. The number of rotatable bonds is 1. The third-order valence-corrected chi connectivity index (χ3v) is 3.27. The van der Waals surface area contributed by atoms with Gasteiger partial charge in [0, 0.05) is 5.69 Å². The van der Waals surface area contributed by atoms with Crippen LogP contribution in [0, 0.1) is 0 Å². The zero-order chi connectivity index (χ0) is 14.9. The van der Waals surface area contributed by atoms with Gasteiger partial charge < -0.3 is 9.47 Å². The third-order valence-electron chi connectivity index (χ3n) is 3.27. The van der Waals surface area contributed by atoms with E-state index < -0.39 is 17.7 Å². The molecule has 0 saturated heterocycles. The number of nitrogens with zero attached hydrogens (tertiary/aromatic N) is 1. The number of hydrogen-bond acceptors (Lipinski definition) is 4. The Morgan fingerprint density at radius 2 is 1.85 bits per heavy atom. The number of esters is 1. The first-order valence-electron chi connectivity index (χ1n) is 6.88. The van der Waals surface area contributed by atoms with Crippen LogP contribution in [0.4, 0.5) is 4.79 Å². The smallest absolute Gasteiger partial charge is 0.419 e. The van der Waals surface area contributed by atoms with Gasteiger partial charge in [0.05, 0.1) is 7.11 Å². The molecule has 0 aromatic carbocycles. The highest BCUT2D eigenvalue weighted by Gasteiger charge is 2.29. The van der Waals surface area contributed by atoms with E-state index in [0.717, 1.165) is 36.9 Å². The molecule has 2 rings (SSSR count). The molecule has 1 aliphatic carbocycles. The quantitative estimate of drug-likeness (QED) is 0.742. The maximum Gasteiger partial charge on any atom is 0.419 e. The Hall–Kier alpha value is -1.78. The summed E-state index contributed by atoms with van der Waals surface area (Å²) in [6, 6.07) is 1.75. The summed E-state index contributed by atoms with van der Waals surface area (Å²) in [6.07, 6.45) is 3.24. The van der Waals surface area contributed by atoms with E-state index in [9.17, 15) is 9.59 Å². The molecule has 1 aromatic heterocycles. The number of aromatic nitrogens is 1. The number of fused-ring (bicyclic) bond motifs is 1. The van der Waals surface area contributed by atoms with Crippen LogP contribution in [-0.2, 0) is 22.3 Å². The van der Waals surface area contributed by atoms with Gasteiger partial charge in [-0.2, -0.15) is 0 Å². The van der Waals surface area contributed by atoms with Crippen LogP contribution in [0.3, 0.4) is 0 Å². The van der Waals surface area contributed by atoms with Crippen LogP contribution in [0.15, 0.2) is 6.07 Å². The van der Waals surface area contributed by atoms with E-state index in [4.69, 9.17) is 9.47 Å². The lowest BCUT2D eigenvalue weighted by Crippen LogP contribution is -2.30. The second-order valence-electron chi connectivity index (χ2n) is 6.02. The Morgan fingerprint density at radius 3 is 2.45 bits per heavy atom. The minimum absolute atomic E-state index is 0.258. The Morgan fingerprint density at radius 1 is 1.20 bits per heavy atom. The maximum absolute atomic E-state index is 12.4. The summed E-state index contributed by atoms with van der Waals surface area (Å²) in [5, 5.41) is 0. The molecular weight excluding hydrogens is 258 g/mol. The highest BCUT2D eigenvalue weighted by molar-refractivity contribution is 5.93. The molecule has 0 aliphatic heterocycles. The van der Waals surface area contributed by atoms with Gasteiger partial charge in [-0.15, -0.1) is 0 Å². The molecule has 5 nitrogen and oxygen atoms in total. The van der Waals surface area contributed by atoms with E-state index in [-0.39, 0.29) is 5.69 Å². The number of hydrogen-bond donors (Lipinski definition) is 0. The summed E-state index contributed by atoms with van der Waals surface area (Å²) in [7, 11) is 1.31. The van der Waals surface area contributed by atoms with Crippen molar-refractivity contribution >= 4 is 12.1 Å². The average Bonchev–Trinajstić information content (AvgIpc) is 2.75. The monoisotopic (exact) mass is 279 g/mol. The molecule has 5 heteroatoms. The second kappa shape index (κ2) is 5.31. The Balaban J connectivity index is 2.46. The van der Waals surface area contributed by atoms with E-state index in [1.807, 2.05) is 0 Å². The Kier molecular flexibility index (Phi) is 3.88. The van der Waals surface area contributed by atoms with Crippen molar-refractivity contribution in [2.75, 3.05) is 7.11 Å². The number of aryl methyl sites for hydroxylation is 1. The van der Waals surface area contributed by atoms with Crippen molar-refractivity contribution in [3.63, 3.8) is 0 Å². The molecule has 110 valence electrons. The van der Waals surface area contributed by atoms with Crippen LogP contribution < -0.4 is 0 Å². The highest BCUT2D eigenvalue weighted by Crippen LogP contribution is 2.26. The molecule has 0 radical (unpaired) electrons. The molecule has 1 heterocycles. The van der Waals surface area contributed by atoms with E-state index in [1.165, 1.54) is 11.7 Å². The van der Waals surface area contributed by atoms with E-state index in [2.05, 4.69) is 0 Å². The van der Waals surface area contributed by atoms with Gasteiger partial charge in [0.2, 0.25) is 0 Å². The van der Waals surface area contributed by atoms with Gasteiger partial charge in [-0.25, -0.2) is 14.2 Å². The normalized spacial score (nSPS) is 14.6. The summed E-state index contributed by atoms with van der Waals surface area (Å²) in [6.45, 7) is 5.41. The number of carbonyl (C=O) groups excluding carboxylic acids is 2. The van der Waals surface area contributed by atoms with E-state index in [0.29, 0.717) is 0 Å². The summed E-state index contributed by atoms with van der Waals surface area (Å²) in [5.41, 5.74) is 1.58. The zero-order valence-electron chi connectivity index (χ0n) is 12.5. The van der Waals surface area contributed by atoms with Crippen molar-refractivity contribution in [3.05, 3.63) is 23.0 Å². The zero-order valence-corrected chi connectivity index (χ0v) is 12.5. The largest absolute Gasteiger partial charge is 0.464 e. The molecular formula is C15H21NO4. The lowest BCUT2D eigenvalue weighted by atomic mass is 9.98. The van der Waals surface area contributed by atoms with Crippen LogP contribution >= 0.6 is 0 Å². The molecule has 0 bridgehead atoms. The first-order chi connectivity index (χ1) is 9.33. The fourth-order valence-corrected chi connectivity index (χ4v) is 2.47. The van der Waals surface area contributed by atoms with Crippen LogP contribution in [0.5, 0.6) is 0 Å². The van der Waals surface area contributed by atoms with Gasteiger partial charge in [-0.1, -0.05) is 0 Å². The highest BCUT2D eigenvalue weighted by atomic mass is 16.6. The van der Waals surface area contributed by atoms with E-state index >= 15 is 0 Å². The third kappa shape index (κ3) is 2.86. The van der Waals surface area contributed by atoms with Gasteiger partial charge in [-0.05, 0) is 58.1 Å². The number of ether oxygens (including phenoxy) is 2. The standard InChI is InChI=1S/C15H21NO4/c1-15(2,3)20-14(18)16-11-8-6-5-7-10(11)9-12(16)13(17)19-4/h9H,5-8H2,1-4H3. The Labute approximate surface area is 118 Å². The van der Waals surface area contributed by atoms with Gasteiger partial charge in [0.15, 0.2) is 0 Å². The maximum atomic E-state index is 12.4. The van der Waals surface area contributed by atoms with Crippen LogP contribution in [0.1, 0.15) is 55.4 Å². The lowest BCUT2D eigenvalue weighted by molar-refractivity contribution is 0.0479. The van der Waals surface area contributed by atoms with Crippen molar-refractivity contribution in [2.24, 2.45) is 0 Å². The SMILES string of the molecule is COC(=O)c1cc2c(n1C(=O)OC(C)(C)C)CCCC2. The molecule has 0 fully saturated rings. The molecule has 0 atom stereocenters. The Bertz CT molecular complexity index is 537. The van der Waals surface area contributed by atoms with Gasteiger partial charge in [0.1, 0.15) is 11.3 Å². The first kappa shape index (κ1) is 14.6. The first-order valence-corrected chi connectivity index (χ1v) is 6.88. The van der Waals surface area contributed by atoms with E-state index in [1.54, 1.807) is 26.8 Å². The topological polar surface area (TPSA) is 57.5 Å². The predicted molar refractivity (Wildman–Crippen MR) is 74.0 cm³/mol. The van der Waals surface area contributed by atoms with Crippen LogP contribution in [0.2, 0.25) is 0 Å². The van der Waals surface area contributed by atoms with Crippen molar-refractivity contribution < 1.29 is 19.1 Å². The second-order valence-corrected chi connectivity index (χ2v) is 6.02. The minimum atomic E-state index is -0.601. The number of methoxy groups -OCH3 is 1. The van der Waals surface area contributed by atoms with Crippen molar-refractivity contribution in [2.45, 2.75) is 52.1 Å². The molecule has 1 aliphatic rings. The number of carbonyl (C=O) groups is 2. The summed E-state index contributed by atoms with van der Waals surface area (Å²) < 4.78 is 11.5. The summed E-state index contributed by atoms with van der Waals surface area (Å²) in [5.74, 6) is -0.509. The minimum Gasteiger partial charge on any atom is -0.464 e. The molecule has 0 amide bonds. The van der Waals surface area contributed by atoms with Crippen LogP contribution in [0.25, 0.3) is 0 Å². The van der Waals surface area contributed by atoms with Crippen molar-refractivity contribution in [1.82, 2.24) is 4.57 Å². The molecule has 1 aromatic rings. The summed E-state index contributed by atoms with van der Waals surface area (Å²) in [4.78, 5) is 24.2. The molecule has 0 N–H and O–H groups in total. The summed E-state index contributed by atoms with van der Waals surface area (Å²) >= 11 is 0. The molecule has 20 heavy (non-hydrogen) atoms. The lowest BCUT2D eigenvalue weighted by Gasteiger charge is -2.22. The van der Waals surface area contributed by atoms with Crippen molar-refractivity contribution in [3.8, 4) is 0 Å². The average molecular weight is 279 g/mol. The fourth-order valence-electron chi connectivity index (χ4n) is 2.47. The molecule has 0 saturated carbocycles. The van der Waals surface area contributed by atoms with Gasteiger partial charge >= 0.3 is 12.1 Å². The van der Waals surface area contributed by atoms with Crippen LogP contribution in [-0.4, -0.2) is 29.3 Å². The molecule has 0 spiro atoms. The van der Waals surface area contributed by atoms with Gasteiger partial charge in [-0.3, -0.25) is 0 Å². The predicted octanol–water partition coefficient (Wildman–Crippen LogP) is 2.94. The van der Waals surface area contributed by atoms with Crippen molar-refractivity contribution in [1.29, 1.82) is 0 Å². The fraction of sp³-hybridized carbons (Fsp3) is 0.600.